The zero-order chi connectivity index (χ0) is 24.0. The van der Waals surface area contributed by atoms with E-state index >= 15 is 0 Å². The van der Waals surface area contributed by atoms with Gasteiger partial charge in [-0.05, 0) is 50.1 Å². The molecule has 0 saturated carbocycles. The van der Waals surface area contributed by atoms with Crippen molar-refractivity contribution in [2.24, 2.45) is 0 Å². The average molecular weight is 449 g/mol. The zero-order valence-corrected chi connectivity index (χ0v) is 19.3. The third-order valence-electron chi connectivity index (χ3n) is 5.46. The highest BCUT2D eigenvalue weighted by Gasteiger charge is 2.36. The van der Waals surface area contributed by atoms with Gasteiger partial charge < -0.3 is 19.7 Å². The summed E-state index contributed by atoms with van der Waals surface area (Å²) in [6, 6.07) is 16.5. The lowest BCUT2D eigenvalue weighted by atomic mass is 10.0. The minimum atomic E-state index is -0.543. The summed E-state index contributed by atoms with van der Waals surface area (Å²) >= 11 is 0. The van der Waals surface area contributed by atoms with Gasteiger partial charge >= 0.3 is 5.97 Å². The fourth-order valence-electron chi connectivity index (χ4n) is 3.69. The Hall–Kier alpha value is -3.87. The molecule has 1 aliphatic heterocycles. The normalized spacial score (nSPS) is 15.6. The monoisotopic (exact) mass is 448 g/mol. The van der Waals surface area contributed by atoms with E-state index in [0.717, 1.165) is 11.1 Å². The molecule has 172 valence electrons. The number of esters is 1. The van der Waals surface area contributed by atoms with Crippen LogP contribution in [0.15, 0.2) is 71.4 Å². The van der Waals surface area contributed by atoms with Crippen LogP contribution in [0.5, 0.6) is 5.75 Å². The second-order valence-electron chi connectivity index (χ2n) is 7.62. The first-order chi connectivity index (χ1) is 15.8. The third kappa shape index (κ3) is 5.49. The van der Waals surface area contributed by atoms with Gasteiger partial charge in [0.25, 0.3) is 11.8 Å². The van der Waals surface area contributed by atoms with E-state index in [1.807, 2.05) is 44.2 Å². The van der Waals surface area contributed by atoms with Crippen LogP contribution in [-0.2, 0) is 19.1 Å². The summed E-state index contributed by atoms with van der Waals surface area (Å²) in [4.78, 5) is 38.8. The number of likely N-dealkylation sites (N-methyl/N-ethyl adjacent to an activating group) is 1. The Balaban J connectivity index is 1.65. The fraction of sp³-hybridized carbons (Fsp3) is 0.269. The van der Waals surface area contributed by atoms with Crippen LogP contribution in [0.1, 0.15) is 37.9 Å². The van der Waals surface area contributed by atoms with Crippen molar-refractivity contribution >= 4 is 23.9 Å². The van der Waals surface area contributed by atoms with Crippen LogP contribution in [0.3, 0.4) is 0 Å². The van der Waals surface area contributed by atoms with Crippen LogP contribution < -0.4 is 10.1 Å². The summed E-state index contributed by atoms with van der Waals surface area (Å²) in [6.07, 6.45) is 1.66. The van der Waals surface area contributed by atoms with Gasteiger partial charge in [0.15, 0.2) is 6.61 Å². The molecule has 0 fully saturated rings. The number of hydrogen-bond donors (Lipinski definition) is 1. The SMILES string of the molecule is CCN1C(=O)C(=Cc2ccc(OCC(=O)NC(C)c3ccccc3)cc2)C(C(=O)OC)=C1C. The molecule has 0 radical (unpaired) electrons. The minimum Gasteiger partial charge on any atom is -0.484 e. The highest BCUT2D eigenvalue weighted by atomic mass is 16.5. The van der Waals surface area contributed by atoms with Gasteiger partial charge in [-0.3, -0.25) is 9.59 Å². The van der Waals surface area contributed by atoms with Crippen LogP contribution in [0, 0.1) is 0 Å². The molecule has 1 heterocycles. The Morgan fingerprint density at radius 2 is 1.76 bits per heavy atom. The summed E-state index contributed by atoms with van der Waals surface area (Å²) in [5.41, 5.74) is 2.89. The first-order valence-electron chi connectivity index (χ1n) is 10.8. The molecule has 1 N–H and O–H groups in total. The molecule has 0 aromatic heterocycles. The third-order valence-corrected chi connectivity index (χ3v) is 5.46. The van der Waals surface area contributed by atoms with E-state index in [0.29, 0.717) is 23.6 Å². The first-order valence-corrected chi connectivity index (χ1v) is 10.8. The molecule has 0 spiro atoms. The first kappa shape index (κ1) is 23.8. The van der Waals surface area contributed by atoms with Crippen molar-refractivity contribution < 1.29 is 23.9 Å². The number of methoxy groups -OCH3 is 1. The van der Waals surface area contributed by atoms with Gasteiger partial charge in [0, 0.05) is 12.2 Å². The van der Waals surface area contributed by atoms with E-state index in [9.17, 15) is 14.4 Å². The molecule has 0 saturated heterocycles. The predicted octanol–water partition coefficient (Wildman–Crippen LogP) is 3.64. The van der Waals surface area contributed by atoms with Crippen molar-refractivity contribution in [3.8, 4) is 5.75 Å². The van der Waals surface area contributed by atoms with E-state index in [1.165, 1.54) is 7.11 Å². The number of carbonyl (C=O) groups excluding carboxylic acids is 3. The van der Waals surface area contributed by atoms with Gasteiger partial charge in [-0.1, -0.05) is 42.5 Å². The number of nitrogens with zero attached hydrogens (tertiary/aromatic N) is 1. The number of carbonyl (C=O) groups is 3. The number of ether oxygens (including phenoxy) is 2. The van der Waals surface area contributed by atoms with Crippen molar-refractivity contribution in [3.05, 3.63) is 82.6 Å². The quantitative estimate of drug-likeness (QED) is 0.492. The summed E-state index contributed by atoms with van der Waals surface area (Å²) < 4.78 is 10.5. The van der Waals surface area contributed by atoms with E-state index in [4.69, 9.17) is 9.47 Å². The zero-order valence-electron chi connectivity index (χ0n) is 19.3. The number of nitrogens with one attached hydrogen (secondary N) is 1. The van der Waals surface area contributed by atoms with Gasteiger partial charge in [-0.2, -0.15) is 0 Å². The van der Waals surface area contributed by atoms with E-state index in [1.54, 1.807) is 42.2 Å². The highest BCUT2D eigenvalue weighted by Crippen LogP contribution is 2.31. The number of amides is 2. The number of benzene rings is 2. The summed E-state index contributed by atoms with van der Waals surface area (Å²) in [5.74, 6) is -0.483. The Bertz CT molecular complexity index is 1090. The fourth-order valence-corrected chi connectivity index (χ4v) is 3.69. The molecular weight excluding hydrogens is 420 g/mol. The largest absolute Gasteiger partial charge is 0.484 e. The second kappa shape index (κ2) is 10.6. The molecule has 7 nitrogen and oxygen atoms in total. The second-order valence-corrected chi connectivity index (χ2v) is 7.62. The van der Waals surface area contributed by atoms with E-state index in [-0.39, 0.29) is 30.0 Å². The highest BCUT2D eigenvalue weighted by molar-refractivity contribution is 6.16. The molecule has 1 aliphatic rings. The minimum absolute atomic E-state index is 0.115. The predicted molar refractivity (Wildman–Crippen MR) is 125 cm³/mol. The molecule has 1 unspecified atom stereocenters. The Labute approximate surface area is 193 Å². The molecule has 3 rings (SSSR count). The Morgan fingerprint density at radius 1 is 1.09 bits per heavy atom. The van der Waals surface area contributed by atoms with Crippen molar-refractivity contribution in [3.63, 3.8) is 0 Å². The number of rotatable bonds is 8. The smallest absolute Gasteiger partial charge is 0.340 e. The molecule has 2 aromatic rings. The van der Waals surface area contributed by atoms with Gasteiger partial charge in [0.1, 0.15) is 5.75 Å². The standard InChI is InChI=1S/C26H28N2O5/c1-5-28-18(3)24(26(31)32-4)22(25(28)30)15-19-11-13-21(14-12-19)33-16-23(29)27-17(2)20-9-7-6-8-10-20/h6-15,17H,5,16H2,1-4H3,(H,27,29). The number of allylic oxidation sites excluding steroid dienone is 1. The van der Waals surface area contributed by atoms with Crippen LogP contribution >= 0.6 is 0 Å². The molecule has 7 heteroatoms. The lowest BCUT2D eigenvalue weighted by molar-refractivity contribution is -0.136. The summed E-state index contributed by atoms with van der Waals surface area (Å²) in [6.45, 7) is 5.84. The lowest BCUT2D eigenvalue weighted by Crippen LogP contribution is -2.31. The molecule has 0 aliphatic carbocycles. The molecule has 2 amide bonds. The van der Waals surface area contributed by atoms with Gasteiger partial charge in [-0.25, -0.2) is 4.79 Å². The average Bonchev–Trinajstić information content (AvgIpc) is 3.07. The van der Waals surface area contributed by atoms with Crippen molar-refractivity contribution in [1.82, 2.24) is 10.2 Å². The molecule has 2 aromatic carbocycles. The topological polar surface area (TPSA) is 84.9 Å². The molecular formula is C26H28N2O5. The van der Waals surface area contributed by atoms with Crippen LogP contribution in [0.25, 0.3) is 6.08 Å². The van der Waals surface area contributed by atoms with Crippen molar-refractivity contribution in [1.29, 1.82) is 0 Å². The van der Waals surface area contributed by atoms with Crippen molar-refractivity contribution in [2.75, 3.05) is 20.3 Å². The maximum Gasteiger partial charge on any atom is 0.340 e. The van der Waals surface area contributed by atoms with Crippen molar-refractivity contribution in [2.45, 2.75) is 26.8 Å². The molecule has 0 bridgehead atoms. The van der Waals surface area contributed by atoms with E-state index < -0.39 is 5.97 Å². The molecule has 1 atom stereocenters. The Kier molecular flexibility index (Phi) is 7.66. The molecule has 33 heavy (non-hydrogen) atoms. The van der Waals surface area contributed by atoms with Crippen LogP contribution in [-0.4, -0.2) is 42.9 Å². The maximum atomic E-state index is 12.8. The summed E-state index contributed by atoms with van der Waals surface area (Å²) in [7, 11) is 1.29. The van der Waals surface area contributed by atoms with Gasteiger partial charge in [0.2, 0.25) is 0 Å². The van der Waals surface area contributed by atoms with Crippen LogP contribution in [0.4, 0.5) is 0 Å². The van der Waals surface area contributed by atoms with Gasteiger partial charge in [0.05, 0.1) is 24.3 Å². The lowest BCUT2D eigenvalue weighted by Gasteiger charge is -2.14. The Morgan fingerprint density at radius 3 is 2.36 bits per heavy atom. The van der Waals surface area contributed by atoms with Gasteiger partial charge in [-0.15, -0.1) is 0 Å². The number of hydrogen-bond acceptors (Lipinski definition) is 5. The maximum absolute atomic E-state index is 12.8. The summed E-state index contributed by atoms with van der Waals surface area (Å²) in [5, 5.41) is 2.90. The van der Waals surface area contributed by atoms with E-state index in [2.05, 4.69) is 5.32 Å². The van der Waals surface area contributed by atoms with Crippen LogP contribution in [0.2, 0.25) is 0 Å².